The van der Waals surface area contributed by atoms with E-state index in [1.807, 2.05) is 4.98 Å². The topological polar surface area (TPSA) is 90.4 Å². The summed E-state index contributed by atoms with van der Waals surface area (Å²) in [5, 5.41) is 0. The van der Waals surface area contributed by atoms with Gasteiger partial charge in [0.25, 0.3) is 5.56 Å². The molecule has 0 saturated carbocycles. The second-order valence-corrected chi connectivity index (χ2v) is 4.80. The molecule has 22 heavy (non-hydrogen) atoms. The number of halogens is 1. The molecule has 0 unspecified atom stereocenters. The van der Waals surface area contributed by atoms with Gasteiger partial charge in [-0.25, -0.2) is 14.0 Å². The molecule has 120 valence electrons. The van der Waals surface area contributed by atoms with E-state index in [1.165, 1.54) is 0 Å². The van der Waals surface area contributed by atoms with E-state index in [4.69, 9.17) is 9.47 Å². The second-order valence-electron chi connectivity index (χ2n) is 4.80. The standard InChI is InChI=1S/C14H17FN2O5/c1-3-10-9(7-12(19)21-4-2)14(15,8-22-10)17-6-5-11(18)16-13(17)20/h5-7,10H,3-4,8H2,1-2H3,(H,16,18,20)/b9-7-/t10-,14-/m1/s1. The van der Waals surface area contributed by atoms with E-state index in [0.717, 1.165) is 22.9 Å². The Labute approximate surface area is 125 Å². The summed E-state index contributed by atoms with van der Waals surface area (Å²) in [6.07, 6.45) is 1.84. The lowest BCUT2D eigenvalue weighted by atomic mass is 10.00. The van der Waals surface area contributed by atoms with Crippen LogP contribution in [0.1, 0.15) is 20.3 Å². The molecular weight excluding hydrogens is 295 g/mol. The van der Waals surface area contributed by atoms with Crippen LogP contribution in [-0.2, 0) is 20.1 Å². The molecule has 0 bridgehead atoms. The quantitative estimate of drug-likeness (QED) is 0.644. The van der Waals surface area contributed by atoms with Crippen LogP contribution in [0.2, 0.25) is 0 Å². The minimum Gasteiger partial charge on any atom is -0.463 e. The van der Waals surface area contributed by atoms with E-state index in [1.54, 1.807) is 13.8 Å². The molecule has 1 aliphatic rings. The Morgan fingerprint density at radius 3 is 2.91 bits per heavy atom. The largest absolute Gasteiger partial charge is 0.463 e. The van der Waals surface area contributed by atoms with Crippen LogP contribution in [0.15, 0.2) is 33.5 Å². The number of esters is 1. The van der Waals surface area contributed by atoms with Crippen molar-refractivity contribution in [3.8, 4) is 0 Å². The van der Waals surface area contributed by atoms with Crippen LogP contribution in [0.5, 0.6) is 0 Å². The van der Waals surface area contributed by atoms with Gasteiger partial charge in [-0.2, -0.15) is 0 Å². The van der Waals surface area contributed by atoms with Gasteiger partial charge < -0.3 is 9.47 Å². The summed E-state index contributed by atoms with van der Waals surface area (Å²) in [4.78, 5) is 36.6. The van der Waals surface area contributed by atoms with Gasteiger partial charge in [-0.05, 0) is 13.3 Å². The third-order valence-electron chi connectivity index (χ3n) is 3.40. The number of ether oxygens (including phenoxy) is 2. The molecule has 1 saturated heterocycles. The van der Waals surface area contributed by atoms with Crippen LogP contribution >= 0.6 is 0 Å². The molecule has 1 aromatic rings. The van der Waals surface area contributed by atoms with Gasteiger partial charge in [0.2, 0.25) is 5.79 Å². The highest BCUT2D eigenvalue weighted by Crippen LogP contribution is 2.38. The molecular formula is C14H17FN2O5. The van der Waals surface area contributed by atoms with Crippen molar-refractivity contribution in [1.29, 1.82) is 0 Å². The number of rotatable bonds is 4. The summed E-state index contributed by atoms with van der Waals surface area (Å²) < 4.78 is 26.2. The van der Waals surface area contributed by atoms with Crippen molar-refractivity contribution in [2.45, 2.75) is 32.2 Å². The summed E-state index contributed by atoms with van der Waals surface area (Å²) in [6, 6.07) is 1.03. The number of aromatic amines is 1. The number of carbonyl (C=O) groups is 1. The zero-order valence-corrected chi connectivity index (χ0v) is 12.3. The van der Waals surface area contributed by atoms with E-state index >= 15 is 4.39 Å². The number of hydrogen-bond donors (Lipinski definition) is 1. The van der Waals surface area contributed by atoms with Crippen molar-refractivity contribution in [3.63, 3.8) is 0 Å². The lowest BCUT2D eigenvalue weighted by Gasteiger charge is -2.23. The Kier molecular flexibility index (Phi) is 4.60. The van der Waals surface area contributed by atoms with Gasteiger partial charge in [0.1, 0.15) is 6.61 Å². The van der Waals surface area contributed by atoms with Crippen LogP contribution in [0.3, 0.4) is 0 Å². The minimum absolute atomic E-state index is 0.00241. The molecule has 8 heteroatoms. The first-order valence-corrected chi connectivity index (χ1v) is 6.94. The monoisotopic (exact) mass is 312 g/mol. The summed E-state index contributed by atoms with van der Waals surface area (Å²) >= 11 is 0. The zero-order valence-electron chi connectivity index (χ0n) is 12.3. The third kappa shape index (κ3) is 2.87. The molecule has 1 fully saturated rings. The number of nitrogens with one attached hydrogen (secondary N) is 1. The van der Waals surface area contributed by atoms with Crippen molar-refractivity contribution in [1.82, 2.24) is 9.55 Å². The summed E-state index contributed by atoms with van der Waals surface area (Å²) in [7, 11) is 0. The molecule has 0 aliphatic carbocycles. The summed E-state index contributed by atoms with van der Waals surface area (Å²) in [6.45, 7) is 3.12. The fourth-order valence-corrected chi connectivity index (χ4v) is 2.39. The maximum absolute atomic E-state index is 15.4. The van der Waals surface area contributed by atoms with Crippen molar-refractivity contribution in [2.24, 2.45) is 0 Å². The van der Waals surface area contributed by atoms with Gasteiger partial charge in [-0.15, -0.1) is 0 Å². The average molecular weight is 312 g/mol. The fourth-order valence-electron chi connectivity index (χ4n) is 2.39. The molecule has 2 atom stereocenters. The Bertz CT molecular complexity index is 708. The van der Waals surface area contributed by atoms with Gasteiger partial charge in [-0.1, -0.05) is 6.92 Å². The predicted octanol–water partition coefficient (Wildman–Crippen LogP) is 0.457. The SMILES string of the molecule is CCOC(=O)/C=C1/[C@@H](CC)OC[C@@]1(F)n1ccc(=O)[nH]c1=O. The van der Waals surface area contributed by atoms with E-state index in [0.29, 0.717) is 6.42 Å². The summed E-state index contributed by atoms with van der Waals surface area (Å²) in [5.41, 5.74) is -1.54. The highest BCUT2D eigenvalue weighted by Gasteiger charge is 2.48. The number of hydrogen-bond acceptors (Lipinski definition) is 5. The second kappa shape index (κ2) is 6.27. The molecule has 1 aromatic heterocycles. The molecule has 7 nitrogen and oxygen atoms in total. The molecule has 0 radical (unpaired) electrons. The predicted molar refractivity (Wildman–Crippen MR) is 75.2 cm³/mol. The molecule has 1 N–H and O–H groups in total. The van der Waals surface area contributed by atoms with E-state index in [-0.39, 0.29) is 12.2 Å². The number of nitrogens with zero attached hydrogens (tertiary/aromatic N) is 1. The lowest BCUT2D eigenvalue weighted by molar-refractivity contribution is -0.137. The van der Waals surface area contributed by atoms with Gasteiger partial charge >= 0.3 is 11.7 Å². The van der Waals surface area contributed by atoms with Crippen molar-refractivity contribution >= 4 is 5.97 Å². The minimum atomic E-state index is -2.34. The van der Waals surface area contributed by atoms with Gasteiger partial charge in [0.05, 0.1) is 12.7 Å². The Morgan fingerprint density at radius 2 is 2.32 bits per heavy atom. The van der Waals surface area contributed by atoms with E-state index in [9.17, 15) is 14.4 Å². The Morgan fingerprint density at radius 1 is 1.59 bits per heavy atom. The first kappa shape index (κ1) is 16.2. The Hall–Kier alpha value is -2.22. The maximum atomic E-state index is 15.4. The van der Waals surface area contributed by atoms with Crippen molar-refractivity contribution < 1.29 is 18.7 Å². The van der Waals surface area contributed by atoms with E-state index in [2.05, 4.69) is 0 Å². The van der Waals surface area contributed by atoms with Crippen molar-refractivity contribution in [2.75, 3.05) is 13.2 Å². The zero-order chi connectivity index (χ0) is 16.3. The molecule has 0 aromatic carbocycles. The van der Waals surface area contributed by atoms with E-state index < -0.39 is 35.7 Å². The smallest absolute Gasteiger partial charge is 0.331 e. The fraction of sp³-hybridized carbons (Fsp3) is 0.500. The number of H-pyrrole nitrogens is 1. The van der Waals surface area contributed by atoms with Crippen LogP contribution < -0.4 is 11.2 Å². The summed E-state index contributed by atoms with van der Waals surface area (Å²) in [5.74, 6) is -3.05. The highest BCUT2D eigenvalue weighted by atomic mass is 19.1. The molecule has 2 rings (SSSR count). The first-order chi connectivity index (χ1) is 10.4. The maximum Gasteiger partial charge on any atom is 0.331 e. The highest BCUT2D eigenvalue weighted by molar-refractivity contribution is 5.83. The third-order valence-corrected chi connectivity index (χ3v) is 3.40. The van der Waals surface area contributed by atoms with Gasteiger partial charge in [-0.3, -0.25) is 14.3 Å². The van der Waals surface area contributed by atoms with Gasteiger partial charge in [0, 0.05) is 23.9 Å². The number of carbonyl (C=O) groups excluding carboxylic acids is 1. The number of alkyl halides is 1. The lowest BCUT2D eigenvalue weighted by Crippen LogP contribution is -2.42. The molecule has 2 heterocycles. The van der Waals surface area contributed by atoms with Crippen LogP contribution in [0.4, 0.5) is 4.39 Å². The molecule has 1 aliphatic heterocycles. The first-order valence-electron chi connectivity index (χ1n) is 6.94. The van der Waals surface area contributed by atoms with Gasteiger partial charge in [0.15, 0.2) is 0 Å². The normalized spacial score (nSPS) is 26.3. The molecule has 0 spiro atoms. The average Bonchev–Trinajstić information content (AvgIpc) is 2.76. The van der Waals surface area contributed by atoms with Crippen LogP contribution in [0.25, 0.3) is 0 Å². The molecule has 0 amide bonds. The Balaban J connectivity index is 2.52. The van der Waals surface area contributed by atoms with Crippen LogP contribution in [0, 0.1) is 0 Å². The number of aromatic nitrogens is 2. The van der Waals surface area contributed by atoms with Crippen molar-refractivity contribution in [3.05, 3.63) is 44.8 Å². The van der Waals surface area contributed by atoms with Crippen LogP contribution in [-0.4, -0.2) is 34.8 Å².